The molecule has 0 bridgehead atoms. The van der Waals surface area contributed by atoms with Gasteiger partial charge in [-0.3, -0.25) is 0 Å². The van der Waals surface area contributed by atoms with Crippen molar-refractivity contribution in [2.75, 3.05) is 12.3 Å². The van der Waals surface area contributed by atoms with Crippen molar-refractivity contribution >= 4 is 11.7 Å². The summed E-state index contributed by atoms with van der Waals surface area (Å²) in [5.41, 5.74) is 6.17. The first-order chi connectivity index (χ1) is 7.63. The van der Waals surface area contributed by atoms with Crippen LogP contribution in [0.15, 0.2) is 24.3 Å². The van der Waals surface area contributed by atoms with Gasteiger partial charge >= 0.3 is 5.97 Å². The maximum absolute atomic E-state index is 11.3. The highest BCUT2D eigenvalue weighted by atomic mass is 16.6. The number of esters is 1. The number of hydrogen-bond donors (Lipinski definition) is 1. The van der Waals surface area contributed by atoms with Gasteiger partial charge in [-0.1, -0.05) is 19.1 Å². The quantitative estimate of drug-likeness (QED) is 0.612. The van der Waals surface area contributed by atoms with Crippen LogP contribution in [-0.4, -0.2) is 18.7 Å². The molecule has 0 aromatic heterocycles. The first-order valence-electron chi connectivity index (χ1n) is 5.30. The van der Waals surface area contributed by atoms with E-state index in [0.29, 0.717) is 11.4 Å². The fourth-order valence-electron chi connectivity index (χ4n) is 1.09. The molecule has 1 unspecified atom stereocenters. The minimum Gasteiger partial charge on any atom is -0.480 e. The summed E-state index contributed by atoms with van der Waals surface area (Å²) < 4.78 is 10.3. The van der Waals surface area contributed by atoms with Gasteiger partial charge in [0.1, 0.15) is 5.75 Å². The van der Waals surface area contributed by atoms with E-state index in [4.69, 9.17) is 15.2 Å². The summed E-state index contributed by atoms with van der Waals surface area (Å²) >= 11 is 0. The van der Waals surface area contributed by atoms with Crippen LogP contribution in [0.4, 0.5) is 5.69 Å². The molecule has 0 amide bonds. The van der Waals surface area contributed by atoms with Crippen LogP contribution in [0.2, 0.25) is 0 Å². The zero-order chi connectivity index (χ0) is 12.0. The van der Waals surface area contributed by atoms with Gasteiger partial charge in [0, 0.05) is 0 Å². The van der Waals surface area contributed by atoms with Crippen LogP contribution >= 0.6 is 0 Å². The number of nitrogens with two attached hydrogens (primary N) is 1. The second-order valence-corrected chi connectivity index (χ2v) is 3.54. The molecule has 0 aliphatic carbocycles. The monoisotopic (exact) mass is 223 g/mol. The number of carbonyl (C=O) groups is 1. The van der Waals surface area contributed by atoms with Crippen LogP contribution < -0.4 is 10.5 Å². The van der Waals surface area contributed by atoms with Crippen molar-refractivity contribution in [1.82, 2.24) is 0 Å². The summed E-state index contributed by atoms with van der Waals surface area (Å²) in [6.45, 7) is 3.68. The number of ether oxygens (including phenoxy) is 2. The molecule has 0 spiro atoms. The van der Waals surface area contributed by atoms with Crippen molar-refractivity contribution in [3.05, 3.63) is 24.3 Å². The van der Waals surface area contributed by atoms with Crippen molar-refractivity contribution in [3.63, 3.8) is 0 Å². The number of carbonyl (C=O) groups excluding carboxylic acids is 1. The highest BCUT2D eigenvalue weighted by Gasteiger charge is 2.09. The van der Waals surface area contributed by atoms with Crippen LogP contribution in [0.1, 0.15) is 20.3 Å². The van der Waals surface area contributed by atoms with E-state index in [9.17, 15) is 4.79 Å². The number of rotatable bonds is 5. The number of nitrogen functional groups attached to an aromatic ring is 1. The molecule has 0 aliphatic rings. The smallest absolute Gasteiger partial charge is 0.344 e. The third-order valence-corrected chi connectivity index (χ3v) is 2.17. The molecule has 1 rings (SSSR count). The Labute approximate surface area is 95.3 Å². The van der Waals surface area contributed by atoms with E-state index in [1.165, 1.54) is 0 Å². The molecule has 4 nitrogen and oxygen atoms in total. The lowest BCUT2D eigenvalue weighted by Crippen LogP contribution is -2.20. The first-order valence-corrected chi connectivity index (χ1v) is 5.30. The highest BCUT2D eigenvalue weighted by Crippen LogP contribution is 2.19. The maximum Gasteiger partial charge on any atom is 0.344 e. The summed E-state index contributed by atoms with van der Waals surface area (Å²) in [4.78, 5) is 11.3. The summed E-state index contributed by atoms with van der Waals surface area (Å²) in [5.74, 6) is 0.126. The van der Waals surface area contributed by atoms with E-state index in [1.54, 1.807) is 24.3 Å². The van der Waals surface area contributed by atoms with Crippen molar-refractivity contribution in [2.45, 2.75) is 26.4 Å². The van der Waals surface area contributed by atoms with Gasteiger partial charge in [-0.2, -0.15) is 0 Å². The molecule has 1 aromatic carbocycles. The van der Waals surface area contributed by atoms with Gasteiger partial charge in [0.2, 0.25) is 0 Å². The molecular formula is C12H17NO3. The van der Waals surface area contributed by atoms with E-state index in [1.807, 2.05) is 13.8 Å². The van der Waals surface area contributed by atoms with Gasteiger partial charge in [0.25, 0.3) is 0 Å². The molecule has 0 fully saturated rings. The Morgan fingerprint density at radius 3 is 2.75 bits per heavy atom. The average Bonchev–Trinajstić information content (AvgIpc) is 2.28. The van der Waals surface area contributed by atoms with E-state index in [2.05, 4.69) is 0 Å². The largest absolute Gasteiger partial charge is 0.480 e. The highest BCUT2D eigenvalue weighted by molar-refractivity contribution is 5.71. The summed E-state index contributed by atoms with van der Waals surface area (Å²) in [6, 6.07) is 7.03. The molecule has 1 aromatic rings. The third kappa shape index (κ3) is 3.81. The molecule has 88 valence electrons. The molecular weight excluding hydrogens is 206 g/mol. The second-order valence-electron chi connectivity index (χ2n) is 3.54. The maximum atomic E-state index is 11.3. The molecule has 4 heteroatoms. The number of anilines is 1. The van der Waals surface area contributed by atoms with Gasteiger partial charge in [0.15, 0.2) is 6.61 Å². The topological polar surface area (TPSA) is 61.5 Å². The van der Waals surface area contributed by atoms with E-state index >= 15 is 0 Å². The van der Waals surface area contributed by atoms with Gasteiger partial charge in [-0.25, -0.2) is 4.79 Å². The Kier molecular flexibility index (Phi) is 4.64. The predicted octanol–water partition coefficient (Wildman–Crippen LogP) is 1.99. The number of benzene rings is 1. The van der Waals surface area contributed by atoms with Crippen molar-refractivity contribution in [2.24, 2.45) is 0 Å². The minimum absolute atomic E-state index is 0.0794. The molecule has 1 atom stereocenters. The minimum atomic E-state index is -0.377. The van der Waals surface area contributed by atoms with Crippen LogP contribution in [0.3, 0.4) is 0 Å². The molecule has 0 radical (unpaired) electrons. The van der Waals surface area contributed by atoms with Gasteiger partial charge in [-0.05, 0) is 25.5 Å². The fraction of sp³-hybridized carbons (Fsp3) is 0.417. The van der Waals surface area contributed by atoms with E-state index in [0.717, 1.165) is 6.42 Å². The Balaban J connectivity index is 2.40. The molecule has 0 saturated heterocycles. The average molecular weight is 223 g/mol. The first kappa shape index (κ1) is 12.4. The van der Waals surface area contributed by atoms with E-state index in [-0.39, 0.29) is 18.7 Å². The van der Waals surface area contributed by atoms with Gasteiger partial charge < -0.3 is 15.2 Å². The fourth-order valence-corrected chi connectivity index (χ4v) is 1.09. The molecule has 16 heavy (non-hydrogen) atoms. The molecule has 0 heterocycles. The van der Waals surface area contributed by atoms with E-state index < -0.39 is 0 Å². The summed E-state index contributed by atoms with van der Waals surface area (Å²) in [6.07, 6.45) is 0.711. The van der Waals surface area contributed by atoms with Crippen molar-refractivity contribution < 1.29 is 14.3 Å². The third-order valence-electron chi connectivity index (χ3n) is 2.17. The van der Waals surface area contributed by atoms with Crippen molar-refractivity contribution in [3.8, 4) is 5.75 Å². The lowest BCUT2D eigenvalue weighted by atomic mass is 10.3. The normalized spacial score (nSPS) is 11.9. The molecule has 0 aliphatic heterocycles. The standard InChI is InChI=1S/C12H17NO3/c1-3-9(2)16-12(14)8-15-11-7-5-4-6-10(11)13/h4-7,9H,3,8,13H2,1-2H3. The van der Waals surface area contributed by atoms with Gasteiger partial charge in [0.05, 0.1) is 11.8 Å². The Bertz CT molecular complexity index is 352. The number of hydrogen-bond acceptors (Lipinski definition) is 4. The Morgan fingerprint density at radius 2 is 2.12 bits per heavy atom. The lowest BCUT2D eigenvalue weighted by Gasteiger charge is -2.12. The zero-order valence-corrected chi connectivity index (χ0v) is 9.60. The number of para-hydroxylation sites is 2. The van der Waals surface area contributed by atoms with Gasteiger partial charge in [-0.15, -0.1) is 0 Å². The summed E-state index contributed by atoms with van der Waals surface area (Å²) in [7, 11) is 0. The van der Waals surface area contributed by atoms with Crippen molar-refractivity contribution in [1.29, 1.82) is 0 Å². The van der Waals surface area contributed by atoms with Crippen LogP contribution in [-0.2, 0) is 9.53 Å². The Hall–Kier alpha value is -1.71. The lowest BCUT2D eigenvalue weighted by molar-refractivity contribution is -0.150. The van der Waals surface area contributed by atoms with Crippen LogP contribution in [0.25, 0.3) is 0 Å². The SMILES string of the molecule is CCC(C)OC(=O)COc1ccccc1N. The molecule has 0 saturated carbocycles. The Morgan fingerprint density at radius 1 is 1.44 bits per heavy atom. The van der Waals surface area contributed by atoms with Crippen LogP contribution in [0, 0.1) is 0 Å². The van der Waals surface area contributed by atoms with Crippen LogP contribution in [0.5, 0.6) is 5.75 Å². The summed E-state index contributed by atoms with van der Waals surface area (Å²) in [5, 5.41) is 0. The molecule has 2 N–H and O–H groups in total. The second kappa shape index (κ2) is 6.00. The predicted molar refractivity (Wildman–Crippen MR) is 62.2 cm³/mol. The zero-order valence-electron chi connectivity index (χ0n) is 9.60.